The Bertz CT molecular complexity index is 396. The number of rotatable bonds is 2. The van der Waals surface area contributed by atoms with E-state index in [1.165, 1.54) is 6.33 Å². The van der Waals surface area contributed by atoms with Crippen molar-refractivity contribution in [3.63, 3.8) is 0 Å². The maximum Gasteiger partial charge on any atom is 0.224 e. The molecule has 76 valence electrons. The third-order valence-corrected chi connectivity index (χ3v) is 2.45. The molecule has 1 fully saturated rings. The summed E-state index contributed by atoms with van der Waals surface area (Å²) in [7, 11) is 0. The highest BCUT2D eigenvalue weighted by Gasteiger charge is 2.28. The van der Waals surface area contributed by atoms with Crippen LogP contribution in [0.3, 0.4) is 0 Å². The Hall–Kier alpha value is -1.89. The molecule has 0 aliphatic carbocycles. The first-order valence-corrected chi connectivity index (χ1v) is 4.78. The van der Waals surface area contributed by atoms with Crippen molar-refractivity contribution in [3.8, 4) is 12.3 Å². The molecule has 1 saturated heterocycles. The predicted molar refractivity (Wildman–Crippen MR) is 54.4 cm³/mol. The largest absolute Gasteiger partial charge is 0.336 e. The highest BCUT2D eigenvalue weighted by atomic mass is 16.2. The van der Waals surface area contributed by atoms with Crippen LogP contribution in [0.5, 0.6) is 0 Å². The number of hydrogen-bond donors (Lipinski definition) is 0. The Morgan fingerprint density at radius 1 is 1.67 bits per heavy atom. The van der Waals surface area contributed by atoms with E-state index in [0.29, 0.717) is 19.5 Å². The quantitative estimate of drug-likeness (QED) is 0.653. The lowest BCUT2D eigenvalue weighted by Crippen LogP contribution is -2.24. The summed E-state index contributed by atoms with van der Waals surface area (Å²) in [6.07, 6.45) is 8.91. The lowest BCUT2D eigenvalue weighted by molar-refractivity contribution is -0.128. The lowest BCUT2D eigenvalue weighted by Gasteiger charge is -2.14. The van der Waals surface area contributed by atoms with E-state index >= 15 is 0 Å². The zero-order chi connectivity index (χ0) is 10.7. The van der Waals surface area contributed by atoms with Gasteiger partial charge in [-0.15, -0.1) is 12.3 Å². The molecule has 2 heterocycles. The Morgan fingerprint density at radius 3 is 3.13 bits per heavy atom. The fourth-order valence-electron chi connectivity index (χ4n) is 1.64. The van der Waals surface area contributed by atoms with E-state index in [2.05, 4.69) is 15.9 Å². The van der Waals surface area contributed by atoms with Crippen molar-refractivity contribution in [2.45, 2.75) is 13.0 Å². The topological polar surface area (TPSA) is 46.1 Å². The van der Waals surface area contributed by atoms with Gasteiger partial charge in [0.25, 0.3) is 0 Å². The van der Waals surface area contributed by atoms with Crippen molar-refractivity contribution in [3.05, 3.63) is 24.3 Å². The first-order valence-electron chi connectivity index (χ1n) is 4.78. The van der Waals surface area contributed by atoms with Gasteiger partial charge in [0.15, 0.2) is 0 Å². The third kappa shape index (κ3) is 2.13. The molecule has 0 saturated carbocycles. The Kier molecular flexibility index (Phi) is 2.64. The molecule has 1 unspecified atom stereocenters. The number of nitrogens with zero attached hydrogens (tertiary/aromatic N) is 3. The molecule has 2 rings (SSSR count). The van der Waals surface area contributed by atoms with E-state index in [1.54, 1.807) is 17.2 Å². The van der Waals surface area contributed by atoms with Crippen LogP contribution in [0, 0.1) is 18.3 Å². The molecule has 1 aromatic rings. The second-order valence-corrected chi connectivity index (χ2v) is 3.54. The van der Waals surface area contributed by atoms with E-state index in [1.807, 2.05) is 0 Å². The predicted octanol–water partition coefficient (Wildman–Crippen LogP) is 0.458. The summed E-state index contributed by atoms with van der Waals surface area (Å²) < 4.78 is 0. The van der Waals surface area contributed by atoms with Gasteiger partial charge in [-0.1, -0.05) is 0 Å². The zero-order valence-electron chi connectivity index (χ0n) is 8.26. The minimum atomic E-state index is 0.0549. The van der Waals surface area contributed by atoms with Gasteiger partial charge < -0.3 is 4.90 Å². The maximum atomic E-state index is 11.5. The van der Waals surface area contributed by atoms with Gasteiger partial charge in [0.1, 0.15) is 6.33 Å². The third-order valence-electron chi connectivity index (χ3n) is 2.45. The van der Waals surface area contributed by atoms with Crippen LogP contribution in [-0.2, 0) is 11.3 Å². The van der Waals surface area contributed by atoms with Gasteiger partial charge in [0.05, 0.1) is 12.2 Å². The molecule has 1 amide bonds. The minimum absolute atomic E-state index is 0.0549. The number of aromatic nitrogens is 2. The van der Waals surface area contributed by atoms with E-state index in [4.69, 9.17) is 6.42 Å². The molecular formula is C11H11N3O. The SMILES string of the molecule is C#CC1CC(=O)N(Cc2ccncn2)C1. The van der Waals surface area contributed by atoms with Gasteiger partial charge in [-0.2, -0.15) is 0 Å². The molecule has 0 bridgehead atoms. The van der Waals surface area contributed by atoms with Crippen LogP contribution in [0.15, 0.2) is 18.6 Å². The van der Waals surface area contributed by atoms with Gasteiger partial charge in [0.2, 0.25) is 5.91 Å². The van der Waals surface area contributed by atoms with Crippen LogP contribution in [0.2, 0.25) is 0 Å². The lowest BCUT2D eigenvalue weighted by atomic mass is 10.1. The Labute approximate surface area is 88.3 Å². The normalized spacial score (nSPS) is 20.3. The summed E-state index contributed by atoms with van der Waals surface area (Å²) in [6.45, 7) is 1.17. The first-order chi connectivity index (χ1) is 7.29. The Morgan fingerprint density at radius 2 is 2.53 bits per heavy atom. The van der Waals surface area contributed by atoms with Gasteiger partial charge in [0, 0.05) is 25.1 Å². The molecule has 0 spiro atoms. The number of terminal acetylenes is 1. The molecule has 1 atom stereocenters. The average Bonchev–Trinajstić information content (AvgIpc) is 2.61. The summed E-state index contributed by atoms with van der Waals surface area (Å²) in [6, 6.07) is 1.80. The van der Waals surface area contributed by atoms with Crippen molar-refractivity contribution >= 4 is 5.91 Å². The molecule has 0 N–H and O–H groups in total. The molecule has 1 aromatic heterocycles. The van der Waals surface area contributed by atoms with Crippen molar-refractivity contribution in [1.82, 2.24) is 14.9 Å². The second-order valence-electron chi connectivity index (χ2n) is 3.54. The molecule has 15 heavy (non-hydrogen) atoms. The van der Waals surface area contributed by atoms with Crippen LogP contribution in [-0.4, -0.2) is 27.3 Å². The molecule has 1 aliphatic rings. The fraction of sp³-hybridized carbons (Fsp3) is 0.364. The van der Waals surface area contributed by atoms with Crippen molar-refractivity contribution < 1.29 is 4.79 Å². The summed E-state index contributed by atoms with van der Waals surface area (Å²) in [5.74, 6) is 2.78. The van der Waals surface area contributed by atoms with Gasteiger partial charge in [-0.05, 0) is 6.07 Å². The van der Waals surface area contributed by atoms with Gasteiger partial charge >= 0.3 is 0 Å². The van der Waals surface area contributed by atoms with Gasteiger partial charge in [-0.25, -0.2) is 9.97 Å². The summed E-state index contributed by atoms with van der Waals surface area (Å²) in [5.41, 5.74) is 0.844. The van der Waals surface area contributed by atoms with Crippen molar-refractivity contribution in [1.29, 1.82) is 0 Å². The number of hydrogen-bond acceptors (Lipinski definition) is 3. The van der Waals surface area contributed by atoms with E-state index < -0.39 is 0 Å². The van der Waals surface area contributed by atoms with Crippen LogP contribution in [0.4, 0.5) is 0 Å². The van der Waals surface area contributed by atoms with Crippen LogP contribution in [0.25, 0.3) is 0 Å². The number of carbonyl (C=O) groups is 1. The summed E-state index contributed by atoms with van der Waals surface area (Å²) in [5, 5.41) is 0. The first kappa shape index (κ1) is 9.66. The van der Waals surface area contributed by atoms with Crippen molar-refractivity contribution in [2.24, 2.45) is 5.92 Å². The van der Waals surface area contributed by atoms with Crippen LogP contribution >= 0.6 is 0 Å². The minimum Gasteiger partial charge on any atom is -0.336 e. The molecular weight excluding hydrogens is 190 g/mol. The summed E-state index contributed by atoms with van der Waals surface area (Å²) >= 11 is 0. The number of carbonyl (C=O) groups excluding carboxylic acids is 1. The second kappa shape index (κ2) is 4.09. The monoisotopic (exact) mass is 201 g/mol. The Balaban J connectivity index is 2.02. The fourth-order valence-corrected chi connectivity index (χ4v) is 1.64. The standard InChI is InChI=1S/C11H11N3O/c1-2-9-5-11(15)14(6-9)7-10-3-4-12-8-13-10/h1,3-4,8-9H,5-7H2. The molecule has 0 radical (unpaired) electrons. The van der Waals surface area contributed by atoms with Crippen LogP contribution in [0.1, 0.15) is 12.1 Å². The maximum absolute atomic E-state index is 11.5. The summed E-state index contributed by atoms with van der Waals surface area (Å²) in [4.78, 5) is 21.2. The average molecular weight is 201 g/mol. The number of likely N-dealkylation sites (tertiary alicyclic amines) is 1. The van der Waals surface area contributed by atoms with Gasteiger partial charge in [-0.3, -0.25) is 4.79 Å². The van der Waals surface area contributed by atoms with E-state index in [-0.39, 0.29) is 11.8 Å². The molecule has 0 aromatic carbocycles. The van der Waals surface area contributed by atoms with E-state index in [0.717, 1.165) is 5.69 Å². The van der Waals surface area contributed by atoms with Crippen LogP contribution < -0.4 is 0 Å². The smallest absolute Gasteiger partial charge is 0.224 e. The van der Waals surface area contributed by atoms with Crippen molar-refractivity contribution in [2.75, 3.05) is 6.54 Å². The molecule has 4 heteroatoms. The van der Waals surface area contributed by atoms with E-state index in [9.17, 15) is 4.79 Å². The molecule has 4 nitrogen and oxygen atoms in total. The highest BCUT2D eigenvalue weighted by Crippen LogP contribution is 2.18. The zero-order valence-corrected chi connectivity index (χ0v) is 8.26. The molecule has 1 aliphatic heterocycles. The number of amides is 1. The highest BCUT2D eigenvalue weighted by molar-refractivity contribution is 5.79.